The number of halogens is 2. The summed E-state index contributed by atoms with van der Waals surface area (Å²) in [5.41, 5.74) is 0.770. The molecule has 0 aromatic heterocycles. The van der Waals surface area contributed by atoms with Crippen molar-refractivity contribution in [2.45, 2.75) is 50.4 Å². The Morgan fingerprint density at radius 2 is 2.25 bits per heavy atom. The molecule has 2 rings (SSSR count). The summed E-state index contributed by atoms with van der Waals surface area (Å²) in [6.07, 6.45) is 4.30. The second kappa shape index (κ2) is 7.41. The largest absolute Gasteiger partial charge is 0.302 e. The Morgan fingerprint density at radius 1 is 1.45 bits per heavy atom. The Kier molecular flexibility index (Phi) is 5.85. The molecular formula is C15H20Cl2N2O. The van der Waals surface area contributed by atoms with E-state index in [-0.39, 0.29) is 17.7 Å². The summed E-state index contributed by atoms with van der Waals surface area (Å²) in [6.45, 7) is 2.83. The molecule has 0 radical (unpaired) electrons. The lowest BCUT2D eigenvalue weighted by atomic mass is 10.1. The molecule has 3 atom stereocenters. The molecule has 0 bridgehead atoms. The van der Waals surface area contributed by atoms with Crippen LogP contribution in [0.1, 0.15) is 31.7 Å². The second-order valence-corrected chi connectivity index (χ2v) is 6.06. The summed E-state index contributed by atoms with van der Waals surface area (Å²) in [6, 6.07) is 7.44. The van der Waals surface area contributed by atoms with Crippen LogP contribution in [0.25, 0.3) is 0 Å². The molecule has 0 amide bonds. The van der Waals surface area contributed by atoms with Gasteiger partial charge in [0.05, 0.1) is 12.2 Å². The summed E-state index contributed by atoms with van der Waals surface area (Å²) in [5, 5.41) is 4.01. The number of nitrogens with one attached hydrogen (secondary N) is 1. The first-order chi connectivity index (χ1) is 9.65. The monoisotopic (exact) mass is 314 g/mol. The number of benzene rings is 1. The van der Waals surface area contributed by atoms with Crippen LogP contribution in [-0.2, 0) is 11.3 Å². The van der Waals surface area contributed by atoms with Crippen LogP contribution in [0.2, 0.25) is 5.02 Å². The molecule has 1 fully saturated rings. The Morgan fingerprint density at radius 3 is 2.90 bits per heavy atom. The van der Waals surface area contributed by atoms with Crippen molar-refractivity contribution in [3.8, 4) is 0 Å². The minimum absolute atomic E-state index is 0.145. The van der Waals surface area contributed by atoms with E-state index in [1.807, 2.05) is 24.3 Å². The van der Waals surface area contributed by atoms with E-state index in [2.05, 4.69) is 17.1 Å². The molecular weight excluding hydrogens is 295 g/mol. The minimum Gasteiger partial charge on any atom is -0.302 e. The third-order valence-corrected chi connectivity index (χ3v) is 4.28. The fraction of sp³-hybridized carbons (Fsp3) is 0.533. The van der Waals surface area contributed by atoms with Gasteiger partial charge in [0.25, 0.3) is 0 Å². The number of nitrogens with zero attached hydrogens (tertiary/aromatic N) is 1. The smallest absolute Gasteiger partial charge is 0.140 e. The third kappa shape index (κ3) is 3.73. The van der Waals surface area contributed by atoms with Gasteiger partial charge in [-0.2, -0.15) is 0 Å². The first kappa shape index (κ1) is 15.8. The molecule has 1 aliphatic heterocycles. The highest BCUT2D eigenvalue weighted by molar-refractivity contribution is 6.30. The van der Waals surface area contributed by atoms with E-state index < -0.39 is 0 Å². The van der Waals surface area contributed by atoms with Crippen molar-refractivity contribution in [3.05, 3.63) is 34.9 Å². The van der Waals surface area contributed by atoms with Crippen molar-refractivity contribution in [3.63, 3.8) is 0 Å². The zero-order valence-corrected chi connectivity index (χ0v) is 13.1. The normalized spacial score (nSPS) is 26.9. The topological polar surface area (TPSA) is 32.3 Å². The van der Waals surface area contributed by atoms with Crippen molar-refractivity contribution >= 4 is 29.5 Å². The number of hydrogen-bond donors (Lipinski definition) is 1. The highest BCUT2D eigenvalue weighted by Crippen LogP contribution is 2.25. The zero-order valence-electron chi connectivity index (χ0n) is 11.6. The van der Waals surface area contributed by atoms with Crippen LogP contribution in [0.4, 0.5) is 0 Å². The lowest BCUT2D eigenvalue weighted by Crippen LogP contribution is -2.39. The summed E-state index contributed by atoms with van der Waals surface area (Å²) >= 11 is 12.3. The van der Waals surface area contributed by atoms with Crippen LogP contribution in [0.15, 0.2) is 24.3 Å². The average Bonchev–Trinajstić information content (AvgIpc) is 2.72. The molecule has 1 saturated heterocycles. The Bertz CT molecular complexity index is 455. The maximum absolute atomic E-state index is 11.3. The van der Waals surface area contributed by atoms with E-state index in [4.69, 9.17) is 23.2 Å². The van der Waals surface area contributed by atoms with Gasteiger partial charge in [-0.25, -0.2) is 0 Å². The Hall–Kier alpha value is -0.610. The van der Waals surface area contributed by atoms with Gasteiger partial charge < -0.3 is 4.79 Å². The first-order valence-corrected chi connectivity index (χ1v) is 7.82. The van der Waals surface area contributed by atoms with Crippen molar-refractivity contribution in [1.82, 2.24) is 10.2 Å². The molecule has 20 heavy (non-hydrogen) atoms. The lowest BCUT2D eigenvalue weighted by Gasteiger charge is -2.26. The molecule has 0 aliphatic carbocycles. The molecule has 1 aromatic carbocycles. The van der Waals surface area contributed by atoms with Crippen molar-refractivity contribution in [2.24, 2.45) is 0 Å². The zero-order chi connectivity index (χ0) is 14.5. The number of rotatable bonds is 6. The predicted molar refractivity (Wildman–Crippen MR) is 82.9 cm³/mol. The molecule has 3 nitrogen and oxygen atoms in total. The predicted octanol–water partition coefficient (Wildman–Crippen LogP) is 3.39. The van der Waals surface area contributed by atoms with E-state index in [9.17, 15) is 4.79 Å². The molecule has 3 unspecified atom stereocenters. The summed E-state index contributed by atoms with van der Waals surface area (Å²) in [7, 11) is 0. The van der Waals surface area contributed by atoms with Gasteiger partial charge in [0.2, 0.25) is 0 Å². The second-order valence-electron chi connectivity index (χ2n) is 5.16. The fourth-order valence-electron chi connectivity index (χ4n) is 2.61. The third-order valence-electron chi connectivity index (χ3n) is 3.66. The van der Waals surface area contributed by atoms with Crippen molar-refractivity contribution in [2.75, 3.05) is 0 Å². The van der Waals surface area contributed by atoms with Gasteiger partial charge in [-0.3, -0.25) is 10.2 Å². The van der Waals surface area contributed by atoms with Crippen molar-refractivity contribution in [1.29, 1.82) is 0 Å². The number of hydrogen-bond acceptors (Lipinski definition) is 3. The molecule has 0 saturated carbocycles. The van der Waals surface area contributed by atoms with E-state index >= 15 is 0 Å². The van der Waals surface area contributed by atoms with E-state index in [1.54, 1.807) is 0 Å². The molecule has 0 spiro atoms. The van der Waals surface area contributed by atoms with Gasteiger partial charge in [0.15, 0.2) is 0 Å². The summed E-state index contributed by atoms with van der Waals surface area (Å²) < 4.78 is 0. The van der Waals surface area contributed by atoms with Gasteiger partial charge in [-0.1, -0.05) is 43.5 Å². The van der Waals surface area contributed by atoms with Crippen LogP contribution in [0, 0.1) is 0 Å². The number of carbonyl (C=O) groups excluding carboxylic acids is 1. The van der Waals surface area contributed by atoms with Crippen LogP contribution in [0.5, 0.6) is 0 Å². The SMILES string of the molecule is CCCCC1NC(Cl)C(C=O)N1Cc1cccc(Cl)c1. The average molecular weight is 315 g/mol. The van der Waals surface area contributed by atoms with E-state index in [0.717, 1.165) is 31.1 Å². The van der Waals surface area contributed by atoms with Gasteiger partial charge >= 0.3 is 0 Å². The molecule has 1 heterocycles. The Balaban J connectivity index is 2.12. The van der Waals surface area contributed by atoms with Gasteiger partial charge in [-0.05, 0) is 24.1 Å². The molecule has 110 valence electrons. The molecule has 5 heteroatoms. The van der Waals surface area contributed by atoms with Gasteiger partial charge in [-0.15, -0.1) is 11.6 Å². The minimum atomic E-state index is -0.325. The van der Waals surface area contributed by atoms with Crippen LogP contribution in [0.3, 0.4) is 0 Å². The maximum atomic E-state index is 11.3. The standard InChI is InChI=1S/C15H20Cl2N2O/c1-2-3-7-14-18-15(17)13(10-20)19(14)9-11-5-4-6-12(16)8-11/h4-6,8,10,13-15,18H,2-3,7,9H2,1H3. The highest BCUT2D eigenvalue weighted by atomic mass is 35.5. The van der Waals surface area contributed by atoms with Gasteiger partial charge in [0.1, 0.15) is 11.8 Å². The number of alkyl halides is 1. The quantitative estimate of drug-likeness (QED) is 0.496. The van der Waals surface area contributed by atoms with Crippen LogP contribution in [-0.4, -0.2) is 28.9 Å². The fourth-order valence-corrected chi connectivity index (χ4v) is 3.17. The van der Waals surface area contributed by atoms with E-state index in [1.165, 1.54) is 0 Å². The van der Waals surface area contributed by atoms with Gasteiger partial charge in [0, 0.05) is 11.6 Å². The Labute approximate surface area is 130 Å². The summed E-state index contributed by atoms with van der Waals surface area (Å²) in [5.74, 6) is 0. The summed E-state index contributed by atoms with van der Waals surface area (Å²) in [4.78, 5) is 13.4. The number of carbonyl (C=O) groups is 1. The first-order valence-electron chi connectivity index (χ1n) is 7.01. The molecule has 1 aliphatic rings. The highest BCUT2D eigenvalue weighted by Gasteiger charge is 2.38. The van der Waals surface area contributed by atoms with Crippen molar-refractivity contribution < 1.29 is 4.79 Å². The lowest BCUT2D eigenvalue weighted by molar-refractivity contribution is -0.112. The number of unbranched alkanes of at least 4 members (excludes halogenated alkanes) is 1. The van der Waals surface area contributed by atoms with Crippen LogP contribution < -0.4 is 5.32 Å². The van der Waals surface area contributed by atoms with Crippen LogP contribution >= 0.6 is 23.2 Å². The molecule has 1 N–H and O–H groups in total. The molecule has 1 aromatic rings. The maximum Gasteiger partial charge on any atom is 0.140 e. The number of aldehydes is 1. The van der Waals surface area contributed by atoms with E-state index in [0.29, 0.717) is 11.6 Å².